The molecule has 0 heterocycles. The van der Waals surface area contributed by atoms with E-state index in [1.807, 2.05) is 0 Å². The fraction of sp³-hybridized carbons (Fsp3) is 0.200. The van der Waals surface area contributed by atoms with Crippen LogP contribution in [0.1, 0.15) is 23.2 Å². The van der Waals surface area contributed by atoms with Gasteiger partial charge < -0.3 is 5.73 Å². The number of Topliss-reactive ketones (excluding diaryl/α,β-unsaturated/α-hetero) is 1. The van der Waals surface area contributed by atoms with Crippen LogP contribution in [0.25, 0.3) is 0 Å². The molecule has 0 aliphatic carbocycles. The first-order chi connectivity index (χ1) is 8.23. The van der Waals surface area contributed by atoms with E-state index in [4.69, 9.17) is 22.5 Å². The number of amides is 1. The van der Waals surface area contributed by atoms with E-state index in [0.717, 1.165) is 0 Å². The lowest BCUT2D eigenvalue weighted by Crippen LogP contribution is -2.15. The molecule has 1 aromatic carbocycles. The van der Waals surface area contributed by atoms with Crippen molar-refractivity contribution in [3.63, 3.8) is 0 Å². The minimum absolute atomic E-state index is 0.00411. The zero-order valence-electron chi connectivity index (χ0n) is 9.22. The number of nitrogens with two attached hydrogens (primary N) is 2. The van der Waals surface area contributed by atoms with Crippen molar-refractivity contribution < 1.29 is 18.0 Å². The molecule has 8 heteroatoms. The molecule has 0 bridgehead atoms. The summed E-state index contributed by atoms with van der Waals surface area (Å²) in [6.45, 7) is 0. The maximum Gasteiger partial charge on any atom is 0.239 e. The van der Waals surface area contributed by atoms with Gasteiger partial charge in [-0.15, -0.1) is 0 Å². The molecular weight excluding hydrogens is 280 g/mol. The molecule has 6 nitrogen and oxygen atoms in total. The molecule has 1 rings (SSSR count). The highest BCUT2D eigenvalue weighted by Crippen LogP contribution is 2.25. The number of carbonyl (C=O) groups excluding carboxylic acids is 2. The molecule has 1 aromatic rings. The van der Waals surface area contributed by atoms with Gasteiger partial charge in [-0.25, -0.2) is 13.6 Å². The van der Waals surface area contributed by atoms with Crippen molar-refractivity contribution in [3.8, 4) is 0 Å². The summed E-state index contributed by atoms with van der Waals surface area (Å²) in [7, 11) is -4.00. The Balaban J connectivity index is 3.12. The number of halogens is 1. The fourth-order valence-corrected chi connectivity index (χ4v) is 2.50. The molecule has 1 amide bonds. The predicted octanol–water partition coefficient (Wildman–Crippen LogP) is 0.436. The van der Waals surface area contributed by atoms with Crippen molar-refractivity contribution in [1.29, 1.82) is 0 Å². The minimum atomic E-state index is -4.00. The first-order valence-electron chi connectivity index (χ1n) is 4.86. The molecule has 0 atom stereocenters. The van der Waals surface area contributed by atoms with E-state index in [1.54, 1.807) is 0 Å². The van der Waals surface area contributed by atoms with Crippen molar-refractivity contribution in [2.24, 2.45) is 10.9 Å². The lowest BCUT2D eigenvalue weighted by Gasteiger charge is -2.06. The van der Waals surface area contributed by atoms with Crippen LogP contribution in [0.5, 0.6) is 0 Å². The van der Waals surface area contributed by atoms with Gasteiger partial charge in [0.1, 0.15) is 4.90 Å². The molecule has 18 heavy (non-hydrogen) atoms. The Labute approximate surface area is 109 Å². The molecule has 4 N–H and O–H groups in total. The SMILES string of the molecule is NC(=O)CCC(=O)c1cccc(S(N)(=O)=O)c1Cl. The summed E-state index contributed by atoms with van der Waals surface area (Å²) in [5, 5.41) is 4.71. The quantitative estimate of drug-likeness (QED) is 0.764. The molecular formula is C10H11ClN2O4S. The molecule has 0 spiro atoms. The third-order valence-corrected chi connectivity index (χ3v) is 3.64. The van der Waals surface area contributed by atoms with Gasteiger partial charge in [0, 0.05) is 18.4 Å². The van der Waals surface area contributed by atoms with E-state index < -0.39 is 21.7 Å². The molecule has 0 radical (unpaired) electrons. The molecule has 0 fully saturated rings. The lowest BCUT2D eigenvalue weighted by atomic mass is 10.1. The van der Waals surface area contributed by atoms with Gasteiger partial charge in [0.05, 0.1) is 5.02 Å². The van der Waals surface area contributed by atoms with Gasteiger partial charge in [-0.3, -0.25) is 9.59 Å². The van der Waals surface area contributed by atoms with Crippen LogP contribution in [0.15, 0.2) is 23.1 Å². The first kappa shape index (κ1) is 14.6. The largest absolute Gasteiger partial charge is 0.370 e. The van der Waals surface area contributed by atoms with Crippen LogP contribution in [-0.4, -0.2) is 20.1 Å². The van der Waals surface area contributed by atoms with Crippen LogP contribution in [0.3, 0.4) is 0 Å². The summed E-state index contributed by atoms with van der Waals surface area (Å²) in [5.74, 6) is -1.09. The molecule has 0 saturated carbocycles. The number of primary sulfonamides is 1. The number of hydrogen-bond acceptors (Lipinski definition) is 4. The van der Waals surface area contributed by atoms with Gasteiger partial charge in [0.15, 0.2) is 5.78 Å². The van der Waals surface area contributed by atoms with Crippen LogP contribution in [0.4, 0.5) is 0 Å². The van der Waals surface area contributed by atoms with E-state index >= 15 is 0 Å². The van der Waals surface area contributed by atoms with Crippen LogP contribution in [0.2, 0.25) is 5.02 Å². The second-order valence-corrected chi connectivity index (χ2v) is 5.46. The summed E-state index contributed by atoms with van der Waals surface area (Å²) < 4.78 is 22.4. The Morgan fingerprint density at radius 3 is 2.33 bits per heavy atom. The molecule has 0 aliphatic heterocycles. The number of sulfonamides is 1. The second-order valence-electron chi connectivity index (χ2n) is 3.55. The van der Waals surface area contributed by atoms with E-state index in [2.05, 4.69) is 0 Å². The Kier molecular flexibility index (Phi) is 4.44. The summed E-state index contributed by atoms with van der Waals surface area (Å²) >= 11 is 5.81. The normalized spacial score (nSPS) is 11.2. The highest BCUT2D eigenvalue weighted by atomic mass is 35.5. The minimum Gasteiger partial charge on any atom is -0.370 e. The smallest absolute Gasteiger partial charge is 0.239 e. The van der Waals surface area contributed by atoms with Crippen molar-refractivity contribution in [1.82, 2.24) is 0 Å². The number of primary amides is 1. The molecule has 0 aliphatic rings. The second kappa shape index (κ2) is 5.47. The van der Waals surface area contributed by atoms with Crippen LogP contribution in [-0.2, 0) is 14.8 Å². The number of carbonyl (C=O) groups is 2. The average Bonchev–Trinajstić information content (AvgIpc) is 2.24. The Morgan fingerprint density at radius 2 is 1.83 bits per heavy atom. The maximum absolute atomic E-state index is 11.7. The Hall–Kier alpha value is -1.44. The highest BCUT2D eigenvalue weighted by molar-refractivity contribution is 7.89. The molecule has 98 valence electrons. The highest BCUT2D eigenvalue weighted by Gasteiger charge is 2.19. The zero-order valence-corrected chi connectivity index (χ0v) is 10.8. The van der Waals surface area contributed by atoms with E-state index in [1.165, 1.54) is 18.2 Å². The molecule has 0 aromatic heterocycles. The number of hydrogen-bond donors (Lipinski definition) is 2. The van der Waals surface area contributed by atoms with Crippen LogP contribution in [0, 0.1) is 0 Å². The third kappa shape index (κ3) is 3.52. The lowest BCUT2D eigenvalue weighted by molar-refractivity contribution is -0.118. The predicted molar refractivity (Wildman–Crippen MR) is 65.6 cm³/mol. The van der Waals surface area contributed by atoms with Crippen LogP contribution >= 0.6 is 11.6 Å². The van der Waals surface area contributed by atoms with Crippen molar-refractivity contribution in [2.75, 3.05) is 0 Å². The summed E-state index contributed by atoms with van der Waals surface area (Å²) in [6, 6.07) is 3.91. The summed E-state index contributed by atoms with van der Waals surface area (Å²) in [4.78, 5) is 22.0. The number of benzene rings is 1. The van der Waals surface area contributed by atoms with Gasteiger partial charge in [-0.2, -0.15) is 0 Å². The van der Waals surface area contributed by atoms with Crippen LogP contribution < -0.4 is 10.9 Å². The maximum atomic E-state index is 11.7. The Morgan fingerprint density at radius 1 is 1.22 bits per heavy atom. The number of rotatable bonds is 5. The number of ketones is 1. The fourth-order valence-electron chi connectivity index (χ4n) is 1.32. The van der Waals surface area contributed by atoms with E-state index in [-0.39, 0.29) is 28.3 Å². The van der Waals surface area contributed by atoms with Gasteiger partial charge in [-0.05, 0) is 12.1 Å². The van der Waals surface area contributed by atoms with Gasteiger partial charge in [0.2, 0.25) is 15.9 Å². The van der Waals surface area contributed by atoms with Crippen molar-refractivity contribution in [3.05, 3.63) is 28.8 Å². The topological polar surface area (TPSA) is 120 Å². The molecule has 0 saturated heterocycles. The van der Waals surface area contributed by atoms with Crippen molar-refractivity contribution in [2.45, 2.75) is 17.7 Å². The van der Waals surface area contributed by atoms with Crippen molar-refractivity contribution >= 4 is 33.3 Å². The van der Waals surface area contributed by atoms with Gasteiger partial charge in [-0.1, -0.05) is 17.7 Å². The van der Waals surface area contributed by atoms with E-state index in [9.17, 15) is 18.0 Å². The summed E-state index contributed by atoms with van der Waals surface area (Å²) in [5.41, 5.74) is 4.92. The monoisotopic (exact) mass is 290 g/mol. The Bertz CT molecular complexity index is 598. The average molecular weight is 291 g/mol. The molecule has 0 unspecified atom stereocenters. The third-order valence-electron chi connectivity index (χ3n) is 2.17. The van der Waals surface area contributed by atoms with Gasteiger partial charge >= 0.3 is 0 Å². The zero-order chi connectivity index (χ0) is 13.9. The standard InChI is InChI=1S/C10H11ClN2O4S/c11-10-6(7(14)4-5-9(12)15)2-1-3-8(10)18(13,16)17/h1-3H,4-5H2,(H2,12,15)(H2,13,16,17). The van der Waals surface area contributed by atoms with Gasteiger partial charge in [0.25, 0.3) is 0 Å². The summed E-state index contributed by atoms with van der Waals surface area (Å²) in [6.07, 6.45) is -0.266. The van der Waals surface area contributed by atoms with E-state index in [0.29, 0.717) is 0 Å². The first-order valence-corrected chi connectivity index (χ1v) is 6.78.